The quantitative estimate of drug-likeness (QED) is 0.835. The molecule has 0 radical (unpaired) electrons. The first-order chi connectivity index (χ1) is 9.98. The summed E-state index contributed by atoms with van der Waals surface area (Å²) >= 11 is 0. The van der Waals surface area contributed by atoms with Crippen LogP contribution in [-0.4, -0.2) is 32.7 Å². The van der Waals surface area contributed by atoms with Gasteiger partial charge in [0.15, 0.2) is 9.84 Å². The van der Waals surface area contributed by atoms with Crippen molar-refractivity contribution in [2.24, 2.45) is 11.7 Å². The van der Waals surface area contributed by atoms with Gasteiger partial charge in [-0.05, 0) is 43.9 Å². The molecule has 1 aromatic carbocycles. The first-order valence-corrected chi connectivity index (χ1v) is 9.21. The summed E-state index contributed by atoms with van der Waals surface area (Å²) < 4.78 is 23.5. The molecular weight excluding hydrogens is 300 g/mol. The van der Waals surface area contributed by atoms with Gasteiger partial charge in [0.2, 0.25) is 0 Å². The molecule has 0 heterocycles. The van der Waals surface area contributed by atoms with Gasteiger partial charge >= 0.3 is 0 Å². The predicted molar refractivity (Wildman–Crippen MR) is 88.7 cm³/mol. The van der Waals surface area contributed by atoms with Crippen molar-refractivity contribution in [1.29, 1.82) is 0 Å². The lowest BCUT2D eigenvalue weighted by atomic mass is 9.90. The number of aryl methyl sites for hydroxylation is 1. The van der Waals surface area contributed by atoms with E-state index in [1.807, 2.05) is 6.92 Å². The summed E-state index contributed by atoms with van der Waals surface area (Å²) in [7, 11) is -3.36. The molecule has 0 aliphatic carbocycles. The number of benzene rings is 1. The average molecular weight is 326 g/mol. The van der Waals surface area contributed by atoms with Crippen molar-refractivity contribution < 1.29 is 13.2 Å². The number of carbonyl (C=O) groups excluding carboxylic acids is 1. The van der Waals surface area contributed by atoms with E-state index in [0.717, 1.165) is 12.7 Å². The SMILES string of the molecule is Cc1ccc(C(=O)NC(C)(CN)CC(C)C)cc1S(C)(=O)=O. The molecule has 5 nitrogen and oxygen atoms in total. The van der Waals surface area contributed by atoms with E-state index in [1.165, 1.54) is 6.07 Å². The van der Waals surface area contributed by atoms with Gasteiger partial charge in [0, 0.05) is 23.9 Å². The fourth-order valence-electron chi connectivity index (χ4n) is 2.57. The maximum Gasteiger partial charge on any atom is 0.251 e. The highest BCUT2D eigenvalue weighted by atomic mass is 32.2. The highest BCUT2D eigenvalue weighted by Crippen LogP contribution is 2.19. The molecule has 1 amide bonds. The van der Waals surface area contributed by atoms with Gasteiger partial charge < -0.3 is 11.1 Å². The number of amides is 1. The van der Waals surface area contributed by atoms with Crippen LogP contribution in [0.3, 0.4) is 0 Å². The number of nitrogens with one attached hydrogen (secondary N) is 1. The molecule has 3 N–H and O–H groups in total. The molecule has 1 unspecified atom stereocenters. The summed E-state index contributed by atoms with van der Waals surface area (Å²) in [5.74, 6) is 0.0805. The Bertz CT molecular complexity index is 653. The summed E-state index contributed by atoms with van der Waals surface area (Å²) in [4.78, 5) is 12.6. The van der Waals surface area contributed by atoms with Gasteiger partial charge in [-0.1, -0.05) is 19.9 Å². The Morgan fingerprint density at radius 3 is 2.41 bits per heavy atom. The van der Waals surface area contributed by atoms with Gasteiger partial charge in [-0.25, -0.2) is 8.42 Å². The predicted octanol–water partition coefficient (Wildman–Crippen LogP) is 1.89. The summed E-state index contributed by atoms with van der Waals surface area (Å²) in [6.07, 6.45) is 1.89. The van der Waals surface area contributed by atoms with Gasteiger partial charge in [-0.3, -0.25) is 4.79 Å². The van der Waals surface area contributed by atoms with Crippen molar-refractivity contribution >= 4 is 15.7 Å². The van der Waals surface area contributed by atoms with Gasteiger partial charge in [-0.2, -0.15) is 0 Å². The zero-order valence-corrected chi connectivity index (χ0v) is 14.8. The molecule has 0 aromatic heterocycles. The minimum Gasteiger partial charge on any atom is -0.346 e. The van der Waals surface area contributed by atoms with Crippen LogP contribution in [0.4, 0.5) is 0 Å². The van der Waals surface area contributed by atoms with Gasteiger partial charge in [0.05, 0.1) is 4.90 Å². The molecule has 1 aromatic rings. The second-order valence-corrected chi connectivity index (χ2v) is 8.55. The van der Waals surface area contributed by atoms with E-state index in [-0.39, 0.29) is 10.8 Å². The third-order valence-electron chi connectivity index (χ3n) is 3.57. The zero-order valence-electron chi connectivity index (χ0n) is 13.9. The van der Waals surface area contributed by atoms with Crippen molar-refractivity contribution in [3.63, 3.8) is 0 Å². The molecule has 0 spiro atoms. The Morgan fingerprint density at radius 1 is 1.36 bits per heavy atom. The van der Waals surface area contributed by atoms with E-state index in [4.69, 9.17) is 5.73 Å². The average Bonchev–Trinajstić information content (AvgIpc) is 2.36. The number of sulfone groups is 1. The fraction of sp³-hybridized carbons (Fsp3) is 0.562. The van der Waals surface area contributed by atoms with Crippen LogP contribution in [0.5, 0.6) is 0 Å². The summed E-state index contributed by atoms with van der Waals surface area (Å²) in [6, 6.07) is 4.70. The van der Waals surface area contributed by atoms with E-state index >= 15 is 0 Å². The van der Waals surface area contributed by atoms with Gasteiger partial charge in [0.25, 0.3) is 5.91 Å². The molecule has 124 valence electrons. The Hall–Kier alpha value is -1.40. The van der Waals surface area contributed by atoms with Crippen molar-refractivity contribution in [3.8, 4) is 0 Å². The van der Waals surface area contributed by atoms with Crippen molar-refractivity contribution in [3.05, 3.63) is 29.3 Å². The maximum absolute atomic E-state index is 12.4. The molecule has 0 fully saturated rings. The Balaban J connectivity index is 3.09. The molecule has 0 bridgehead atoms. The number of hydrogen-bond donors (Lipinski definition) is 2. The van der Waals surface area contributed by atoms with Crippen LogP contribution in [-0.2, 0) is 9.84 Å². The van der Waals surface area contributed by atoms with Crippen LogP contribution >= 0.6 is 0 Å². The maximum atomic E-state index is 12.4. The topological polar surface area (TPSA) is 89.3 Å². The normalized spacial score (nSPS) is 14.7. The van der Waals surface area contributed by atoms with E-state index < -0.39 is 15.4 Å². The highest BCUT2D eigenvalue weighted by molar-refractivity contribution is 7.90. The fourth-order valence-corrected chi connectivity index (χ4v) is 3.57. The molecule has 1 atom stereocenters. The lowest BCUT2D eigenvalue weighted by Gasteiger charge is -2.31. The summed E-state index contributed by atoms with van der Waals surface area (Å²) in [5, 5.41) is 2.93. The second-order valence-electron chi connectivity index (χ2n) is 6.57. The van der Waals surface area contributed by atoms with Crippen LogP contribution in [0.1, 0.15) is 43.1 Å². The molecule has 0 saturated carbocycles. The smallest absolute Gasteiger partial charge is 0.251 e. The van der Waals surface area contributed by atoms with E-state index in [1.54, 1.807) is 19.1 Å². The molecule has 0 saturated heterocycles. The third-order valence-corrected chi connectivity index (χ3v) is 4.81. The van der Waals surface area contributed by atoms with E-state index in [9.17, 15) is 13.2 Å². The first-order valence-electron chi connectivity index (χ1n) is 7.32. The molecule has 0 aliphatic rings. The van der Waals surface area contributed by atoms with Crippen molar-refractivity contribution in [2.45, 2.75) is 44.6 Å². The molecular formula is C16H26N2O3S. The van der Waals surface area contributed by atoms with Crippen molar-refractivity contribution in [1.82, 2.24) is 5.32 Å². The van der Waals surface area contributed by atoms with Crippen LogP contribution in [0.15, 0.2) is 23.1 Å². The first kappa shape index (κ1) is 18.6. The van der Waals surface area contributed by atoms with E-state index in [0.29, 0.717) is 23.6 Å². The summed E-state index contributed by atoms with van der Waals surface area (Å²) in [6.45, 7) is 8.06. The number of hydrogen-bond acceptors (Lipinski definition) is 4. The lowest BCUT2D eigenvalue weighted by Crippen LogP contribution is -2.52. The van der Waals surface area contributed by atoms with Gasteiger partial charge in [-0.15, -0.1) is 0 Å². The Morgan fingerprint density at radius 2 is 1.95 bits per heavy atom. The standard InChI is InChI=1S/C16H26N2O3S/c1-11(2)9-16(4,10-17)18-15(19)13-7-6-12(3)14(8-13)22(5,20)21/h6-8,11H,9-10,17H2,1-5H3,(H,18,19). The number of carbonyl (C=O) groups is 1. The van der Waals surface area contributed by atoms with Gasteiger partial charge in [0.1, 0.15) is 0 Å². The van der Waals surface area contributed by atoms with Crippen LogP contribution in [0.2, 0.25) is 0 Å². The molecule has 1 rings (SSSR count). The third kappa shape index (κ3) is 4.81. The molecule has 0 aliphatic heterocycles. The van der Waals surface area contributed by atoms with Crippen LogP contribution < -0.4 is 11.1 Å². The van der Waals surface area contributed by atoms with Crippen molar-refractivity contribution in [2.75, 3.05) is 12.8 Å². The largest absolute Gasteiger partial charge is 0.346 e. The molecule has 22 heavy (non-hydrogen) atoms. The lowest BCUT2D eigenvalue weighted by molar-refractivity contribution is 0.0898. The number of rotatable bonds is 6. The minimum absolute atomic E-state index is 0.179. The van der Waals surface area contributed by atoms with Crippen LogP contribution in [0.25, 0.3) is 0 Å². The van der Waals surface area contributed by atoms with Crippen LogP contribution in [0, 0.1) is 12.8 Å². The Kier molecular flexibility index (Phi) is 5.76. The minimum atomic E-state index is -3.36. The molecule has 6 heteroatoms. The second kappa shape index (κ2) is 6.79. The summed E-state index contributed by atoms with van der Waals surface area (Å²) in [5.41, 5.74) is 6.24. The van der Waals surface area contributed by atoms with E-state index in [2.05, 4.69) is 19.2 Å². The zero-order chi connectivity index (χ0) is 17.1. The monoisotopic (exact) mass is 326 g/mol. The number of nitrogens with two attached hydrogens (primary N) is 1. The Labute approximate surface area is 133 Å². The highest BCUT2D eigenvalue weighted by Gasteiger charge is 2.26.